The molecule has 0 saturated carbocycles. The number of nitrogens with zero attached hydrogens (tertiary/aromatic N) is 1. The molecule has 1 aromatic carbocycles. The number of hydrogen-bond acceptors (Lipinski definition) is 3. The first-order valence-corrected chi connectivity index (χ1v) is 6.77. The minimum Gasteiger partial charge on any atom is -0.489 e. The molecule has 0 aliphatic heterocycles. The van der Waals surface area contributed by atoms with E-state index < -0.39 is 5.97 Å². The first kappa shape index (κ1) is 15.3. The lowest BCUT2D eigenvalue weighted by Crippen LogP contribution is -2.27. The van der Waals surface area contributed by atoms with E-state index in [1.54, 1.807) is 0 Å². The van der Waals surface area contributed by atoms with E-state index in [0.29, 0.717) is 6.54 Å². The molecular weight excluding hydrogens is 242 g/mol. The van der Waals surface area contributed by atoms with Crippen LogP contribution in [0.3, 0.4) is 0 Å². The second-order valence-corrected chi connectivity index (χ2v) is 4.77. The van der Waals surface area contributed by atoms with Crippen molar-refractivity contribution in [2.75, 3.05) is 18.0 Å². The average Bonchev–Trinajstić information content (AvgIpc) is 2.34. The van der Waals surface area contributed by atoms with Gasteiger partial charge in [-0.05, 0) is 32.4 Å². The van der Waals surface area contributed by atoms with Crippen LogP contribution in [0.5, 0.6) is 5.75 Å². The molecule has 0 aliphatic carbocycles. The number of anilines is 1. The van der Waals surface area contributed by atoms with Crippen molar-refractivity contribution in [2.45, 2.75) is 39.7 Å². The summed E-state index contributed by atoms with van der Waals surface area (Å²) in [5, 5.41) is 8.83. The molecule has 0 amide bonds. The molecule has 1 aromatic rings. The highest BCUT2D eigenvalue weighted by molar-refractivity contribution is 5.68. The number of ether oxygens (including phenoxy) is 1. The first-order chi connectivity index (χ1) is 9.04. The summed E-state index contributed by atoms with van der Waals surface area (Å²) in [5.41, 5.74) is 0.972. The van der Waals surface area contributed by atoms with Gasteiger partial charge in [-0.1, -0.05) is 19.1 Å². The fourth-order valence-electron chi connectivity index (χ4n) is 1.93. The lowest BCUT2D eigenvalue weighted by Gasteiger charge is -2.26. The van der Waals surface area contributed by atoms with Crippen LogP contribution in [0.1, 0.15) is 33.6 Å². The molecule has 0 unspecified atom stereocenters. The summed E-state index contributed by atoms with van der Waals surface area (Å²) in [6.07, 6.45) is 1.20. The summed E-state index contributed by atoms with van der Waals surface area (Å²) < 4.78 is 5.79. The zero-order chi connectivity index (χ0) is 14.3. The maximum Gasteiger partial charge on any atom is 0.305 e. The molecule has 1 N–H and O–H groups in total. The molecule has 19 heavy (non-hydrogen) atoms. The molecule has 1 rings (SSSR count). The van der Waals surface area contributed by atoms with Crippen molar-refractivity contribution in [3.63, 3.8) is 0 Å². The molecule has 0 heterocycles. The third kappa shape index (κ3) is 5.20. The molecule has 0 saturated heterocycles. The van der Waals surface area contributed by atoms with Crippen molar-refractivity contribution in [3.05, 3.63) is 24.3 Å². The lowest BCUT2D eigenvalue weighted by atomic mass is 10.2. The maximum atomic E-state index is 10.7. The Labute approximate surface area is 115 Å². The van der Waals surface area contributed by atoms with Gasteiger partial charge < -0.3 is 14.7 Å². The summed E-state index contributed by atoms with van der Waals surface area (Å²) >= 11 is 0. The number of aliphatic carboxylic acids is 1. The van der Waals surface area contributed by atoms with E-state index in [9.17, 15) is 4.79 Å². The highest BCUT2D eigenvalue weighted by atomic mass is 16.5. The van der Waals surface area contributed by atoms with E-state index in [2.05, 4.69) is 11.8 Å². The Kier molecular flexibility index (Phi) is 6.19. The average molecular weight is 265 g/mol. The topological polar surface area (TPSA) is 49.8 Å². The summed E-state index contributed by atoms with van der Waals surface area (Å²) in [5.74, 6) is 0.0414. The van der Waals surface area contributed by atoms with Crippen molar-refractivity contribution in [1.29, 1.82) is 0 Å². The first-order valence-electron chi connectivity index (χ1n) is 6.77. The Hall–Kier alpha value is -1.71. The number of para-hydroxylation sites is 2. The third-order valence-corrected chi connectivity index (χ3v) is 2.66. The van der Waals surface area contributed by atoms with Crippen molar-refractivity contribution in [1.82, 2.24) is 0 Å². The van der Waals surface area contributed by atoms with Gasteiger partial charge in [-0.25, -0.2) is 0 Å². The van der Waals surface area contributed by atoms with Gasteiger partial charge in [-0.2, -0.15) is 0 Å². The monoisotopic (exact) mass is 265 g/mol. The number of carboxylic acid groups (broad SMARTS) is 1. The van der Waals surface area contributed by atoms with E-state index >= 15 is 0 Å². The van der Waals surface area contributed by atoms with Crippen LogP contribution in [-0.4, -0.2) is 30.3 Å². The molecule has 0 bridgehead atoms. The van der Waals surface area contributed by atoms with Crippen LogP contribution in [0, 0.1) is 0 Å². The fraction of sp³-hybridized carbons (Fsp3) is 0.533. The molecule has 0 aliphatic rings. The third-order valence-electron chi connectivity index (χ3n) is 2.66. The zero-order valence-corrected chi connectivity index (χ0v) is 11.9. The normalized spacial score (nSPS) is 10.5. The van der Waals surface area contributed by atoms with E-state index in [0.717, 1.165) is 24.4 Å². The van der Waals surface area contributed by atoms with Gasteiger partial charge in [0.2, 0.25) is 0 Å². The van der Waals surface area contributed by atoms with E-state index in [4.69, 9.17) is 9.84 Å². The highest BCUT2D eigenvalue weighted by Gasteiger charge is 2.13. The Balaban J connectivity index is 2.90. The number of benzene rings is 1. The van der Waals surface area contributed by atoms with E-state index in [1.807, 2.05) is 38.1 Å². The van der Waals surface area contributed by atoms with Gasteiger partial charge in [-0.15, -0.1) is 0 Å². The van der Waals surface area contributed by atoms with Crippen molar-refractivity contribution < 1.29 is 14.6 Å². The smallest absolute Gasteiger partial charge is 0.305 e. The van der Waals surface area contributed by atoms with E-state index in [-0.39, 0.29) is 12.5 Å². The minimum absolute atomic E-state index is 0.101. The largest absolute Gasteiger partial charge is 0.489 e. The molecule has 0 aromatic heterocycles. The van der Waals surface area contributed by atoms with Gasteiger partial charge in [0.25, 0.3) is 0 Å². The van der Waals surface area contributed by atoms with Crippen LogP contribution < -0.4 is 9.64 Å². The maximum absolute atomic E-state index is 10.7. The number of carboxylic acids is 1. The van der Waals surface area contributed by atoms with Crippen molar-refractivity contribution >= 4 is 11.7 Å². The van der Waals surface area contributed by atoms with Crippen molar-refractivity contribution in [3.8, 4) is 5.75 Å². The SMILES string of the molecule is CCCN(CCC(=O)O)c1ccccc1OC(C)C. The molecule has 0 atom stereocenters. The van der Waals surface area contributed by atoms with Gasteiger partial charge >= 0.3 is 5.97 Å². The predicted octanol–water partition coefficient (Wildman–Crippen LogP) is 3.16. The minimum atomic E-state index is -0.775. The molecule has 106 valence electrons. The number of carbonyl (C=O) groups is 1. The van der Waals surface area contributed by atoms with Crippen LogP contribution in [-0.2, 0) is 4.79 Å². The molecule has 4 heteroatoms. The second-order valence-electron chi connectivity index (χ2n) is 4.77. The Bertz CT molecular complexity index is 404. The summed E-state index contributed by atoms with van der Waals surface area (Å²) in [4.78, 5) is 12.8. The van der Waals surface area contributed by atoms with Crippen molar-refractivity contribution in [2.24, 2.45) is 0 Å². The molecule has 0 fully saturated rings. The van der Waals surface area contributed by atoms with Gasteiger partial charge in [0, 0.05) is 13.1 Å². The molecule has 4 nitrogen and oxygen atoms in total. The van der Waals surface area contributed by atoms with Crippen LogP contribution >= 0.6 is 0 Å². The van der Waals surface area contributed by atoms with Gasteiger partial charge in [-0.3, -0.25) is 4.79 Å². The van der Waals surface area contributed by atoms with Crippen LogP contribution in [0.25, 0.3) is 0 Å². The Morgan fingerprint density at radius 3 is 2.58 bits per heavy atom. The van der Waals surface area contributed by atoms with Crippen LogP contribution in [0.15, 0.2) is 24.3 Å². The van der Waals surface area contributed by atoms with Gasteiger partial charge in [0.1, 0.15) is 5.75 Å². The zero-order valence-electron chi connectivity index (χ0n) is 11.9. The number of hydrogen-bond donors (Lipinski definition) is 1. The quantitative estimate of drug-likeness (QED) is 0.784. The van der Waals surface area contributed by atoms with E-state index in [1.165, 1.54) is 0 Å². The highest BCUT2D eigenvalue weighted by Crippen LogP contribution is 2.29. The van der Waals surface area contributed by atoms with Gasteiger partial charge in [0.15, 0.2) is 0 Å². The standard InChI is InChI=1S/C15H23NO3/c1-4-10-16(11-9-15(17)18)13-7-5-6-8-14(13)19-12(2)3/h5-8,12H,4,9-11H2,1-3H3,(H,17,18). The Morgan fingerprint density at radius 1 is 1.32 bits per heavy atom. The molecule has 0 spiro atoms. The summed E-state index contributed by atoms with van der Waals surface area (Å²) in [7, 11) is 0. The second kappa shape index (κ2) is 7.67. The van der Waals surface area contributed by atoms with Gasteiger partial charge in [0.05, 0.1) is 18.2 Å². The molecule has 0 radical (unpaired) electrons. The number of rotatable bonds is 8. The summed E-state index contributed by atoms with van der Waals surface area (Å²) in [6.45, 7) is 7.38. The Morgan fingerprint density at radius 2 is 2.00 bits per heavy atom. The summed E-state index contributed by atoms with van der Waals surface area (Å²) in [6, 6.07) is 7.79. The lowest BCUT2D eigenvalue weighted by molar-refractivity contribution is -0.136. The molecular formula is C15H23NO3. The van der Waals surface area contributed by atoms with Crippen LogP contribution in [0.4, 0.5) is 5.69 Å². The van der Waals surface area contributed by atoms with Crippen LogP contribution in [0.2, 0.25) is 0 Å². The predicted molar refractivity (Wildman–Crippen MR) is 77.0 cm³/mol. The fourth-order valence-corrected chi connectivity index (χ4v) is 1.93.